The number of hydrogen-bond donors (Lipinski definition) is 2. The molecule has 0 saturated heterocycles. The zero-order chi connectivity index (χ0) is 18.5. The number of halogens is 3. The molecule has 2 N–H and O–H groups in total. The Labute approximate surface area is 159 Å². The van der Waals surface area contributed by atoms with Crippen LogP contribution in [0.3, 0.4) is 0 Å². The van der Waals surface area contributed by atoms with Gasteiger partial charge in [0.05, 0.1) is 10.7 Å². The molecule has 0 radical (unpaired) electrons. The number of rotatable bonds is 5. The van der Waals surface area contributed by atoms with E-state index in [2.05, 4.69) is 20.8 Å². The molecular formula is C18H13Cl2FN4O. The van der Waals surface area contributed by atoms with Crippen molar-refractivity contribution in [3.8, 4) is 0 Å². The van der Waals surface area contributed by atoms with Gasteiger partial charge in [-0.2, -0.15) is 0 Å². The maximum atomic E-state index is 13.6. The lowest BCUT2D eigenvalue weighted by atomic mass is 10.2. The van der Waals surface area contributed by atoms with Crippen LogP contribution in [0.25, 0.3) is 0 Å². The second-order valence-electron chi connectivity index (χ2n) is 5.33. The van der Waals surface area contributed by atoms with Crippen LogP contribution in [0, 0.1) is 5.82 Å². The third kappa shape index (κ3) is 4.47. The normalized spacial score (nSPS) is 10.4. The highest BCUT2D eigenvalue weighted by molar-refractivity contribution is 6.35. The molecule has 3 aromatic rings. The predicted molar refractivity (Wildman–Crippen MR) is 100 cm³/mol. The minimum absolute atomic E-state index is 0.109. The first-order valence-electron chi connectivity index (χ1n) is 7.60. The zero-order valence-electron chi connectivity index (χ0n) is 13.3. The molecule has 26 heavy (non-hydrogen) atoms. The van der Waals surface area contributed by atoms with E-state index >= 15 is 0 Å². The van der Waals surface area contributed by atoms with Crippen molar-refractivity contribution in [2.75, 3.05) is 10.6 Å². The molecule has 0 aliphatic carbocycles. The van der Waals surface area contributed by atoms with Crippen molar-refractivity contribution < 1.29 is 9.18 Å². The quantitative estimate of drug-likeness (QED) is 0.657. The second-order valence-corrected chi connectivity index (χ2v) is 6.17. The van der Waals surface area contributed by atoms with Crippen molar-refractivity contribution in [2.45, 2.75) is 6.54 Å². The van der Waals surface area contributed by atoms with Crippen molar-refractivity contribution in [2.24, 2.45) is 0 Å². The molecule has 2 aromatic carbocycles. The molecule has 132 valence electrons. The number of nitrogens with zero attached hydrogens (tertiary/aromatic N) is 2. The molecule has 0 bridgehead atoms. The highest BCUT2D eigenvalue weighted by atomic mass is 35.5. The van der Waals surface area contributed by atoms with Gasteiger partial charge in [0.2, 0.25) is 0 Å². The number of carbonyl (C=O) groups excluding carboxylic acids is 1. The second kappa shape index (κ2) is 8.12. The summed E-state index contributed by atoms with van der Waals surface area (Å²) in [6.07, 6.45) is 0. The Kier molecular flexibility index (Phi) is 5.65. The molecule has 0 saturated carbocycles. The van der Waals surface area contributed by atoms with E-state index in [0.29, 0.717) is 27.1 Å². The Morgan fingerprint density at radius 1 is 1.04 bits per heavy atom. The van der Waals surface area contributed by atoms with E-state index in [1.165, 1.54) is 12.1 Å². The van der Waals surface area contributed by atoms with Gasteiger partial charge in [0.25, 0.3) is 5.91 Å². The van der Waals surface area contributed by atoms with Gasteiger partial charge >= 0.3 is 0 Å². The van der Waals surface area contributed by atoms with E-state index in [9.17, 15) is 9.18 Å². The third-order valence-corrected chi connectivity index (χ3v) is 4.06. The fourth-order valence-corrected chi connectivity index (χ4v) is 2.49. The van der Waals surface area contributed by atoms with Gasteiger partial charge in [0.15, 0.2) is 5.69 Å². The number of carbonyl (C=O) groups is 1. The fourth-order valence-electron chi connectivity index (χ4n) is 2.15. The molecule has 3 rings (SSSR count). The van der Waals surface area contributed by atoms with Crippen LogP contribution in [-0.4, -0.2) is 16.1 Å². The highest BCUT2D eigenvalue weighted by Crippen LogP contribution is 2.25. The third-order valence-electron chi connectivity index (χ3n) is 3.49. The molecule has 0 spiro atoms. The summed E-state index contributed by atoms with van der Waals surface area (Å²) >= 11 is 11.9. The van der Waals surface area contributed by atoms with Crippen LogP contribution >= 0.6 is 23.2 Å². The smallest absolute Gasteiger partial charge is 0.276 e. The molecule has 0 aliphatic rings. The Morgan fingerprint density at radius 2 is 1.85 bits per heavy atom. The van der Waals surface area contributed by atoms with Gasteiger partial charge in [-0.15, -0.1) is 10.2 Å². The summed E-state index contributed by atoms with van der Waals surface area (Å²) < 4.78 is 13.6. The summed E-state index contributed by atoms with van der Waals surface area (Å²) in [5, 5.41) is 14.2. The number of nitrogens with one attached hydrogen (secondary N) is 2. The minimum atomic E-state index is -0.470. The first-order valence-corrected chi connectivity index (χ1v) is 8.36. The van der Waals surface area contributed by atoms with Crippen molar-refractivity contribution in [1.29, 1.82) is 0 Å². The molecule has 1 heterocycles. The van der Waals surface area contributed by atoms with Gasteiger partial charge in [-0.05, 0) is 36.4 Å². The van der Waals surface area contributed by atoms with Crippen LogP contribution < -0.4 is 10.6 Å². The monoisotopic (exact) mass is 390 g/mol. The van der Waals surface area contributed by atoms with E-state index in [4.69, 9.17) is 23.2 Å². The fraction of sp³-hybridized carbons (Fsp3) is 0.0556. The zero-order valence-corrected chi connectivity index (χ0v) is 14.9. The molecule has 0 aliphatic heterocycles. The molecule has 5 nitrogen and oxygen atoms in total. The lowest BCUT2D eigenvalue weighted by molar-refractivity contribution is 0.102. The van der Waals surface area contributed by atoms with Crippen molar-refractivity contribution >= 4 is 40.6 Å². The summed E-state index contributed by atoms with van der Waals surface area (Å²) in [7, 11) is 0. The molecule has 0 atom stereocenters. The lowest BCUT2D eigenvalue weighted by Gasteiger charge is -2.08. The van der Waals surface area contributed by atoms with E-state index in [1.54, 1.807) is 42.5 Å². The largest absolute Gasteiger partial charge is 0.364 e. The number of benzene rings is 2. The number of amides is 1. The summed E-state index contributed by atoms with van der Waals surface area (Å²) in [5.41, 5.74) is 0.997. The maximum absolute atomic E-state index is 13.6. The molecule has 1 aromatic heterocycles. The average Bonchev–Trinajstić information content (AvgIpc) is 2.64. The first-order chi connectivity index (χ1) is 12.5. The van der Waals surface area contributed by atoms with Gasteiger partial charge in [0, 0.05) is 17.1 Å². The van der Waals surface area contributed by atoms with Gasteiger partial charge in [-0.1, -0.05) is 41.4 Å². The Bertz CT molecular complexity index is 935. The van der Waals surface area contributed by atoms with Crippen LogP contribution in [0.15, 0.2) is 54.6 Å². The highest BCUT2D eigenvalue weighted by Gasteiger charge is 2.11. The predicted octanol–water partition coefficient (Wildman–Crippen LogP) is 4.79. The van der Waals surface area contributed by atoms with Gasteiger partial charge in [0.1, 0.15) is 11.6 Å². The van der Waals surface area contributed by atoms with Crippen molar-refractivity contribution in [3.05, 3.63) is 81.7 Å². The van der Waals surface area contributed by atoms with Crippen LogP contribution in [0.1, 0.15) is 16.1 Å². The average molecular weight is 391 g/mol. The van der Waals surface area contributed by atoms with Gasteiger partial charge < -0.3 is 10.6 Å². The van der Waals surface area contributed by atoms with Crippen LogP contribution in [0.4, 0.5) is 15.9 Å². The van der Waals surface area contributed by atoms with Gasteiger partial charge in [-0.3, -0.25) is 4.79 Å². The molecular weight excluding hydrogens is 378 g/mol. The van der Waals surface area contributed by atoms with Crippen LogP contribution in [0.2, 0.25) is 10.0 Å². The Balaban J connectivity index is 1.64. The number of aromatic nitrogens is 2. The van der Waals surface area contributed by atoms with Crippen molar-refractivity contribution in [3.63, 3.8) is 0 Å². The minimum Gasteiger partial charge on any atom is -0.364 e. The lowest BCUT2D eigenvalue weighted by Crippen LogP contribution is -2.15. The molecule has 0 unspecified atom stereocenters. The summed E-state index contributed by atoms with van der Waals surface area (Å²) in [5.74, 6) is -0.352. The van der Waals surface area contributed by atoms with E-state index in [0.717, 1.165) is 0 Å². The first kappa shape index (κ1) is 18.1. The molecule has 0 fully saturated rings. The Hall–Kier alpha value is -2.70. The van der Waals surface area contributed by atoms with E-state index < -0.39 is 5.91 Å². The van der Waals surface area contributed by atoms with E-state index in [1.807, 2.05) is 0 Å². The van der Waals surface area contributed by atoms with Crippen LogP contribution in [-0.2, 0) is 6.54 Å². The number of anilines is 2. The molecule has 8 heteroatoms. The summed E-state index contributed by atoms with van der Waals surface area (Å²) in [4.78, 5) is 12.2. The van der Waals surface area contributed by atoms with E-state index in [-0.39, 0.29) is 18.1 Å². The summed E-state index contributed by atoms with van der Waals surface area (Å²) in [6.45, 7) is 0.255. The van der Waals surface area contributed by atoms with Gasteiger partial charge in [-0.25, -0.2) is 4.39 Å². The molecule has 1 amide bonds. The summed E-state index contributed by atoms with van der Waals surface area (Å²) in [6, 6.07) is 14.3. The maximum Gasteiger partial charge on any atom is 0.276 e. The Morgan fingerprint density at radius 3 is 2.58 bits per heavy atom. The standard InChI is InChI=1S/C18H13Cl2FN4O/c19-12-5-6-13(20)16(9-12)23-18(26)15-7-8-17(25-24-15)22-10-11-3-1-2-4-14(11)21/h1-9H,10H2,(H,22,25)(H,23,26). The number of hydrogen-bond acceptors (Lipinski definition) is 4. The van der Waals surface area contributed by atoms with Crippen LogP contribution in [0.5, 0.6) is 0 Å². The SMILES string of the molecule is O=C(Nc1cc(Cl)ccc1Cl)c1ccc(NCc2ccccc2F)nn1. The topological polar surface area (TPSA) is 66.9 Å². The van der Waals surface area contributed by atoms with Crippen molar-refractivity contribution in [1.82, 2.24) is 10.2 Å².